The van der Waals surface area contributed by atoms with E-state index in [0.29, 0.717) is 18.7 Å². The van der Waals surface area contributed by atoms with E-state index in [9.17, 15) is 9.59 Å². The molecule has 0 aromatic heterocycles. The summed E-state index contributed by atoms with van der Waals surface area (Å²) in [6, 6.07) is 6.71. The van der Waals surface area contributed by atoms with E-state index in [1.807, 2.05) is 18.2 Å². The van der Waals surface area contributed by atoms with Crippen LogP contribution in [0.25, 0.3) is 0 Å². The molecule has 3 N–H and O–H groups in total. The first-order chi connectivity index (χ1) is 8.59. The smallest absolute Gasteiger partial charge is 0.241 e. The molecule has 96 valence electrons. The molecule has 1 aliphatic rings. The molecule has 18 heavy (non-hydrogen) atoms. The molecule has 2 amide bonds. The lowest BCUT2D eigenvalue weighted by Crippen LogP contribution is -2.33. The maximum atomic E-state index is 11.7. The SMILES string of the molecule is C[C@H](N)C(=O)Nc1ccccc1N1CCCC1=O. The zero-order valence-corrected chi connectivity index (χ0v) is 10.3. The van der Waals surface area contributed by atoms with Crippen molar-refractivity contribution in [1.82, 2.24) is 0 Å². The average molecular weight is 247 g/mol. The van der Waals surface area contributed by atoms with Gasteiger partial charge in [0.25, 0.3) is 0 Å². The minimum atomic E-state index is -0.577. The summed E-state index contributed by atoms with van der Waals surface area (Å²) in [5, 5.41) is 2.75. The van der Waals surface area contributed by atoms with Gasteiger partial charge in [-0.2, -0.15) is 0 Å². The lowest BCUT2D eigenvalue weighted by atomic mass is 10.2. The number of carbonyl (C=O) groups excluding carboxylic acids is 2. The fraction of sp³-hybridized carbons (Fsp3) is 0.385. The number of carbonyl (C=O) groups is 2. The summed E-state index contributed by atoms with van der Waals surface area (Å²) >= 11 is 0. The maximum Gasteiger partial charge on any atom is 0.241 e. The van der Waals surface area contributed by atoms with E-state index in [-0.39, 0.29) is 11.8 Å². The fourth-order valence-corrected chi connectivity index (χ4v) is 1.96. The van der Waals surface area contributed by atoms with E-state index in [1.165, 1.54) is 0 Å². The summed E-state index contributed by atoms with van der Waals surface area (Å²) in [7, 11) is 0. The molecular formula is C13H17N3O2. The summed E-state index contributed by atoms with van der Waals surface area (Å²) in [6.45, 7) is 2.32. The molecule has 5 heteroatoms. The Morgan fingerprint density at radius 2 is 2.17 bits per heavy atom. The Morgan fingerprint density at radius 3 is 2.78 bits per heavy atom. The van der Waals surface area contributed by atoms with Crippen molar-refractivity contribution in [3.05, 3.63) is 24.3 Å². The largest absolute Gasteiger partial charge is 0.323 e. The van der Waals surface area contributed by atoms with Gasteiger partial charge in [0.2, 0.25) is 11.8 Å². The van der Waals surface area contributed by atoms with Gasteiger partial charge >= 0.3 is 0 Å². The van der Waals surface area contributed by atoms with Crippen LogP contribution in [0.5, 0.6) is 0 Å². The highest BCUT2D eigenvalue weighted by Crippen LogP contribution is 2.29. The van der Waals surface area contributed by atoms with E-state index in [1.54, 1.807) is 17.9 Å². The van der Waals surface area contributed by atoms with Gasteiger partial charge in [-0.1, -0.05) is 12.1 Å². The summed E-state index contributed by atoms with van der Waals surface area (Å²) in [4.78, 5) is 25.1. The number of benzene rings is 1. The molecule has 0 unspecified atom stereocenters. The quantitative estimate of drug-likeness (QED) is 0.839. The second kappa shape index (κ2) is 5.18. The highest BCUT2D eigenvalue weighted by atomic mass is 16.2. The van der Waals surface area contributed by atoms with Gasteiger partial charge in [0.1, 0.15) is 0 Å². The highest BCUT2D eigenvalue weighted by molar-refractivity contribution is 6.03. The summed E-state index contributed by atoms with van der Waals surface area (Å²) < 4.78 is 0. The van der Waals surface area contributed by atoms with E-state index in [0.717, 1.165) is 12.1 Å². The molecule has 1 aromatic carbocycles. The lowest BCUT2D eigenvalue weighted by molar-refractivity contribution is -0.118. The van der Waals surface area contributed by atoms with Gasteiger partial charge in [-0.05, 0) is 25.5 Å². The number of nitrogens with zero attached hydrogens (tertiary/aromatic N) is 1. The van der Waals surface area contributed by atoms with Crippen LogP contribution >= 0.6 is 0 Å². The van der Waals surface area contributed by atoms with Crippen LogP contribution in [0.2, 0.25) is 0 Å². The van der Waals surface area contributed by atoms with Crippen LogP contribution in [-0.2, 0) is 9.59 Å². The monoisotopic (exact) mass is 247 g/mol. The number of para-hydroxylation sites is 2. The number of amides is 2. The fourth-order valence-electron chi connectivity index (χ4n) is 1.96. The van der Waals surface area contributed by atoms with Crippen molar-refractivity contribution in [2.75, 3.05) is 16.8 Å². The number of anilines is 2. The normalized spacial score (nSPS) is 16.8. The number of hydrogen-bond acceptors (Lipinski definition) is 3. The molecule has 0 spiro atoms. The lowest BCUT2D eigenvalue weighted by Gasteiger charge is -2.20. The minimum Gasteiger partial charge on any atom is -0.323 e. The molecule has 1 heterocycles. The molecule has 1 aromatic rings. The van der Waals surface area contributed by atoms with Crippen LogP contribution in [0.1, 0.15) is 19.8 Å². The van der Waals surface area contributed by atoms with E-state index in [2.05, 4.69) is 5.32 Å². The minimum absolute atomic E-state index is 0.0949. The zero-order valence-electron chi connectivity index (χ0n) is 10.3. The van der Waals surface area contributed by atoms with Crippen molar-refractivity contribution in [2.45, 2.75) is 25.8 Å². The standard InChI is InChI=1S/C13H17N3O2/c1-9(14)13(18)15-10-5-2-3-6-11(10)16-8-4-7-12(16)17/h2-3,5-6,9H,4,7-8,14H2,1H3,(H,15,18)/t9-/m0/s1. The third-order valence-electron chi connectivity index (χ3n) is 2.94. The second-order valence-electron chi connectivity index (χ2n) is 4.44. The van der Waals surface area contributed by atoms with Crippen LogP contribution in [0.15, 0.2) is 24.3 Å². The van der Waals surface area contributed by atoms with E-state index < -0.39 is 6.04 Å². The Morgan fingerprint density at radius 1 is 1.44 bits per heavy atom. The van der Waals surface area contributed by atoms with Crippen LogP contribution in [0, 0.1) is 0 Å². The third-order valence-corrected chi connectivity index (χ3v) is 2.94. The number of rotatable bonds is 3. The molecule has 0 aliphatic carbocycles. The number of nitrogens with one attached hydrogen (secondary N) is 1. The van der Waals surface area contributed by atoms with Crippen LogP contribution < -0.4 is 16.0 Å². The van der Waals surface area contributed by atoms with Crippen LogP contribution in [0.3, 0.4) is 0 Å². The van der Waals surface area contributed by atoms with Crippen molar-refractivity contribution in [1.29, 1.82) is 0 Å². The van der Waals surface area contributed by atoms with Gasteiger partial charge < -0.3 is 16.0 Å². The molecule has 1 fully saturated rings. The molecule has 0 bridgehead atoms. The third kappa shape index (κ3) is 2.51. The molecular weight excluding hydrogens is 230 g/mol. The molecule has 0 radical (unpaired) electrons. The van der Waals surface area contributed by atoms with Gasteiger partial charge in [0.15, 0.2) is 0 Å². The van der Waals surface area contributed by atoms with Crippen LogP contribution in [0.4, 0.5) is 11.4 Å². The molecule has 1 saturated heterocycles. The molecule has 1 aliphatic heterocycles. The number of nitrogens with two attached hydrogens (primary N) is 1. The molecule has 2 rings (SSSR count). The van der Waals surface area contributed by atoms with Crippen LogP contribution in [-0.4, -0.2) is 24.4 Å². The topological polar surface area (TPSA) is 75.4 Å². The second-order valence-corrected chi connectivity index (χ2v) is 4.44. The highest BCUT2D eigenvalue weighted by Gasteiger charge is 2.24. The summed E-state index contributed by atoms with van der Waals surface area (Å²) in [5.74, 6) is -0.161. The first kappa shape index (κ1) is 12.6. The predicted octanol–water partition coefficient (Wildman–Crippen LogP) is 1.10. The summed E-state index contributed by atoms with van der Waals surface area (Å²) in [5.41, 5.74) is 6.90. The van der Waals surface area contributed by atoms with Crippen molar-refractivity contribution < 1.29 is 9.59 Å². The van der Waals surface area contributed by atoms with E-state index in [4.69, 9.17) is 5.73 Å². The van der Waals surface area contributed by atoms with Gasteiger partial charge in [0, 0.05) is 13.0 Å². The number of hydrogen-bond donors (Lipinski definition) is 2. The first-order valence-electron chi connectivity index (χ1n) is 6.05. The van der Waals surface area contributed by atoms with Crippen molar-refractivity contribution in [3.8, 4) is 0 Å². The first-order valence-corrected chi connectivity index (χ1v) is 6.05. The van der Waals surface area contributed by atoms with Gasteiger partial charge in [-0.25, -0.2) is 0 Å². The Kier molecular flexibility index (Phi) is 3.62. The molecule has 5 nitrogen and oxygen atoms in total. The molecule has 1 atom stereocenters. The zero-order chi connectivity index (χ0) is 13.1. The van der Waals surface area contributed by atoms with Gasteiger partial charge in [-0.3, -0.25) is 9.59 Å². The Bertz CT molecular complexity index is 471. The summed E-state index contributed by atoms with van der Waals surface area (Å²) in [6.07, 6.45) is 1.42. The predicted molar refractivity (Wildman–Crippen MR) is 70.3 cm³/mol. The Balaban J connectivity index is 2.25. The molecule has 0 saturated carbocycles. The Hall–Kier alpha value is -1.88. The average Bonchev–Trinajstić information content (AvgIpc) is 2.76. The van der Waals surface area contributed by atoms with Crippen molar-refractivity contribution in [3.63, 3.8) is 0 Å². The van der Waals surface area contributed by atoms with Gasteiger partial charge in [-0.15, -0.1) is 0 Å². The maximum absolute atomic E-state index is 11.7. The van der Waals surface area contributed by atoms with Crippen molar-refractivity contribution >= 4 is 23.2 Å². The van der Waals surface area contributed by atoms with E-state index >= 15 is 0 Å². The Labute approximate surface area is 106 Å². The van der Waals surface area contributed by atoms with Gasteiger partial charge in [0.05, 0.1) is 17.4 Å². The van der Waals surface area contributed by atoms with Crippen molar-refractivity contribution in [2.24, 2.45) is 5.73 Å².